The van der Waals surface area contributed by atoms with E-state index in [1.807, 2.05) is 41.8 Å². The molecule has 2 aromatic carbocycles. The molecular weight excluding hydrogens is 424 g/mol. The monoisotopic (exact) mass is 444 g/mol. The van der Waals surface area contributed by atoms with E-state index in [9.17, 15) is 4.79 Å². The number of aldehydes is 1. The van der Waals surface area contributed by atoms with Crippen LogP contribution in [0.3, 0.4) is 0 Å². The van der Waals surface area contributed by atoms with Gasteiger partial charge in [-0.05, 0) is 42.7 Å². The average molecular weight is 445 g/mol. The summed E-state index contributed by atoms with van der Waals surface area (Å²) in [5.41, 5.74) is 2.66. The molecule has 8 heteroatoms. The molecule has 0 spiro atoms. The molecule has 1 aliphatic heterocycles. The van der Waals surface area contributed by atoms with Gasteiger partial charge in [0.1, 0.15) is 22.3 Å². The van der Waals surface area contributed by atoms with Gasteiger partial charge in [-0.3, -0.25) is 4.79 Å². The van der Waals surface area contributed by atoms with Gasteiger partial charge >= 0.3 is 0 Å². The number of benzene rings is 2. The Balaban J connectivity index is 1.47. The summed E-state index contributed by atoms with van der Waals surface area (Å²) in [6.07, 6.45) is 1.52. The van der Waals surface area contributed by atoms with Crippen molar-refractivity contribution in [3.05, 3.63) is 64.1 Å². The molecule has 1 aromatic heterocycles. The summed E-state index contributed by atoms with van der Waals surface area (Å²) in [6.45, 7) is 2.71. The van der Waals surface area contributed by atoms with E-state index in [4.69, 9.17) is 25.8 Å². The van der Waals surface area contributed by atoms with E-state index in [1.54, 1.807) is 24.9 Å². The number of hydrogen-bond acceptors (Lipinski definition) is 6. The fourth-order valence-electron chi connectivity index (χ4n) is 3.31. The molecule has 30 heavy (non-hydrogen) atoms. The number of thioether (sulfide) groups is 1. The number of rotatable bonds is 8. The Hall–Kier alpha value is -2.64. The van der Waals surface area contributed by atoms with Crippen LogP contribution in [-0.4, -0.2) is 29.7 Å². The zero-order chi connectivity index (χ0) is 21.1. The number of hydrogen-bond donors (Lipinski definition) is 0. The number of imidazole rings is 1. The van der Waals surface area contributed by atoms with E-state index in [0.29, 0.717) is 35.2 Å². The minimum absolute atomic E-state index is 0.208. The quantitative estimate of drug-likeness (QED) is 0.362. The molecule has 2 heterocycles. The molecule has 0 amide bonds. The maximum Gasteiger partial charge on any atom is 0.231 e. The van der Waals surface area contributed by atoms with Gasteiger partial charge in [0.15, 0.2) is 17.8 Å². The lowest BCUT2D eigenvalue weighted by atomic mass is 10.1. The third kappa shape index (κ3) is 4.27. The summed E-state index contributed by atoms with van der Waals surface area (Å²) in [4.78, 5) is 16.4. The lowest BCUT2D eigenvalue weighted by Gasteiger charge is -2.10. The number of halogens is 1. The van der Waals surface area contributed by atoms with Crippen LogP contribution in [0.4, 0.5) is 0 Å². The van der Waals surface area contributed by atoms with Crippen molar-refractivity contribution < 1.29 is 19.0 Å². The van der Waals surface area contributed by atoms with E-state index in [1.165, 1.54) is 0 Å². The van der Waals surface area contributed by atoms with Crippen LogP contribution in [0.15, 0.2) is 41.4 Å². The summed E-state index contributed by atoms with van der Waals surface area (Å²) in [6, 6.07) is 11.5. The standard InChI is InChI=1S/C22H21ClN2O4S/c1-14-24-22(30-12-15-3-5-17(27-2)6-4-15)19(11-26)25(14)8-7-16-9-20-21(10-18(16)23)29-13-28-20/h3-6,9-11H,7-8,12-13H2,1-2H3. The highest BCUT2D eigenvalue weighted by Gasteiger charge is 2.18. The number of nitrogens with zero attached hydrogens (tertiary/aromatic N) is 2. The highest BCUT2D eigenvalue weighted by molar-refractivity contribution is 7.98. The number of methoxy groups -OCH3 is 1. The van der Waals surface area contributed by atoms with Crippen LogP contribution in [0.25, 0.3) is 0 Å². The first-order chi connectivity index (χ1) is 14.6. The Morgan fingerprint density at radius 2 is 1.97 bits per heavy atom. The lowest BCUT2D eigenvalue weighted by molar-refractivity contribution is 0.111. The van der Waals surface area contributed by atoms with Crippen LogP contribution in [0.2, 0.25) is 5.02 Å². The summed E-state index contributed by atoms with van der Waals surface area (Å²) in [5.74, 6) is 3.69. The van der Waals surface area contributed by atoms with Crippen molar-refractivity contribution in [3.8, 4) is 17.2 Å². The van der Waals surface area contributed by atoms with E-state index >= 15 is 0 Å². The second-order valence-electron chi connectivity index (χ2n) is 6.80. The number of fused-ring (bicyclic) bond motifs is 1. The molecule has 0 bridgehead atoms. The SMILES string of the molecule is COc1ccc(CSc2nc(C)n(CCc3cc4c(cc3Cl)OCO4)c2C=O)cc1. The average Bonchev–Trinajstić information content (AvgIpc) is 3.33. The van der Waals surface area contributed by atoms with E-state index in [0.717, 1.165) is 39.8 Å². The Morgan fingerprint density at radius 1 is 1.23 bits per heavy atom. The van der Waals surface area contributed by atoms with Crippen molar-refractivity contribution in [2.24, 2.45) is 0 Å². The van der Waals surface area contributed by atoms with E-state index in [2.05, 4.69) is 4.98 Å². The molecule has 0 aliphatic carbocycles. The second-order valence-corrected chi connectivity index (χ2v) is 8.17. The first kappa shape index (κ1) is 20.6. The Morgan fingerprint density at radius 3 is 2.67 bits per heavy atom. The van der Waals surface area contributed by atoms with Crippen molar-refractivity contribution in [1.82, 2.24) is 9.55 Å². The van der Waals surface area contributed by atoms with Crippen LogP contribution in [0.1, 0.15) is 27.4 Å². The number of aryl methyl sites for hydroxylation is 2. The highest BCUT2D eigenvalue weighted by atomic mass is 35.5. The predicted octanol–water partition coefficient (Wildman–Crippen LogP) is 4.93. The van der Waals surface area contributed by atoms with Crippen molar-refractivity contribution in [3.63, 3.8) is 0 Å². The van der Waals surface area contributed by atoms with Gasteiger partial charge in [-0.15, -0.1) is 0 Å². The number of ether oxygens (including phenoxy) is 3. The summed E-state index contributed by atoms with van der Waals surface area (Å²) >= 11 is 7.94. The van der Waals surface area contributed by atoms with Gasteiger partial charge < -0.3 is 18.8 Å². The Bertz CT molecular complexity index is 1070. The minimum atomic E-state index is 0.208. The zero-order valence-corrected chi connectivity index (χ0v) is 18.3. The molecular formula is C22H21ClN2O4S. The van der Waals surface area contributed by atoms with Crippen LogP contribution < -0.4 is 14.2 Å². The smallest absolute Gasteiger partial charge is 0.231 e. The van der Waals surface area contributed by atoms with Gasteiger partial charge in [0.05, 0.1) is 7.11 Å². The predicted molar refractivity (Wildman–Crippen MR) is 116 cm³/mol. The molecule has 0 saturated carbocycles. The summed E-state index contributed by atoms with van der Waals surface area (Å²) < 4.78 is 17.9. The van der Waals surface area contributed by atoms with E-state index < -0.39 is 0 Å². The molecule has 0 N–H and O–H groups in total. The molecule has 156 valence electrons. The third-order valence-electron chi connectivity index (χ3n) is 4.96. The van der Waals surface area contributed by atoms with Crippen molar-refractivity contribution in [1.29, 1.82) is 0 Å². The topological polar surface area (TPSA) is 62.6 Å². The van der Waals surface area contributed by atoms with Crippen LogP contribution in [0.5, 0.6) is 17.2 Å². The lowest BCUT2D eigenvalue weighted by Crippen LogP contribution is -2.07. The minimum Gasteiger partial charge on any atom is -0.497 e. The summed E-state index contributed by atoms with van der Waals surface area (Å²) in [5, 5.41) is 1.36. The molecule has 3 aromatic rings. The van der Waals surface area contributed by atoms with Gasteiger partial charge in [0.25, 0.3) is 0 Å². The van der Waals surface area contributed by atoms with Gasteiger partial charge in [0.2, 0.25) is 6.79 Å². The Kier molecular flexibility index (Phi) is 6.20. The van der Waals surface area contributed by atoms with Gasteiger partial charge in [-0.25, -0.2) is 4.98 Å². The van der Waals surface area contributed by atoms with Crippen molar-refractivity contribution >= 4 is 29.6 Å². The zero-order valence-electron chi connectivity index (χ0n) is 16.7. The molecule has 4 rings (SSSR count). The molecule has 0 radical (unpaired) electrons. The molecule has 0 unspecified atom stereocenters. The van der Waals surface area contributed by atoms with Gasteiger partial charge in [-0.2, -0.15) is 0 Å². The third-order valence-corrected chi connectivity index (χ3v) is 6.36. The summed E-state index contributed by atoms with van der Waals surface area (Å²) in [7, 11) is 1.65. The molecule has 0 atom stereocenters. The molecule has 0 fully saturated rings. The Labute approximate surface area is 184 Å². The molecule has 6 nitrogen and oxygen atoms in total. The van der Waals surface area contributed by atoms with Crippen LogP contribution in [-0.2, 0) is 18.7 Å². The highest BCUT2D eigenvalue weighted by Crippen LogP contribution is 2.37. The first-order valence-electron chi connectivity index (χ1n) is 9.45. The fourth-order valence-corrected chi connectivity index (χ4v) is 4.56. The normalized spacial score (nSPS) is 12.2. The van der Waals surface area contributed by atoms with Crippen LogP contribution in [0, 0.1) is 6.92 Å². The molecule has 0 saturated heterocycles. The van der Waals surface area contributed by atoms with Gasteiger partial charge in [0, 0.05) is 23.4 Å². The number of carbonyl (C=O) groups excluding carboxylic acids is 1. The number of aromatic nitrogens is 2. The maximum atomic E-state index is 11.8. The van der Waals surface area contributed by atoms with Crippen molar-refractivity contribution in [2.75, 3.05) is 13.9 Å². The van der Waals surface area contributed by atoms with E-state index in [-0.39, 0.29) is 6.79 Å². The number of carbonyl (C=O) groups is 1. The second kappa shape index (κ2) is 9.02. The van der Waals surface area contributed by atoms with Crippen LogP contribution >= 0.6 is 23.4 Å². The largest absolute Gasteiger partial charge is 0.497 e. The van der Waals surface area contributed by atoms with Gasteiger partial charge in [-0.1, -0.05) is 35.5 Å². The molecule has 1 aliphatic rings. The maximum absolute atomic E-state index is 11.8. The van der Waals surface area contributed by atoms with Crippen molar-refractivity contribution in [2.45, 2.75) is 30.7 Å². The fraction of sp³-hybridized carbons (Fsp3) is 0.273. The first-order valence-corrected chi connectivity index (χ1v) is 10.8.